The molecule has 0 bridgehead atoms. The zero-order chi connectivity index (χ0) is 16.9. The van der Waals surface area contributed by atoms with E-state index in [4.69, 9.17) is 0 Å². The standard InChI is InChI=1S/C20H25N3O/c1-15(23-10-3-4-11-23)18-6-5-7-19(12-18)20-9-8-17(14-22-20)13-21-16(2)24/h5-9,12,14-15H,3-4,10-11,13H2,1-2H3,(H,21,24)/t15-/m0/s1. The van der Waals surface area contributed by atoms with Gasteiger partial charge in [-0.3, -0.25) is 14.7 Å². The van der Waals surface area contributed by atoms with E-state index in [0.29, 0.717) is 12.6 Å². The van der Waals surface area contributed by atoms with Crippen molar-refractivity contribution in [2.75, 3.05) is 13.1 Å². The van der Waals surface area contributed by atoms with Crippen molar-refractivity contribution in [3.63, 3.8) is 0 Å². The highest BCUT2D eigenvalue weighted by atomic mass is 16.1. The van der Waals surface area contributed by atoms with Crippen molar-refractivity contribution in [1.82, 2.24) is 15.2 Å². The van der Waals surface area contributed by atoms with Crippen LogP contribution in [-0.4, -0.2) is 28.9 Å². The van der Waals surface area contributed by atoms with Gasteiger partial charge in [-0.15, -0.1) is 0 Å². The number of benzene rings is 1. The van der Waals surface area contributed by atoms with Crippen LogP contribution in [-0.2, 0) is 11.3 Å². The molecule has 0 saturated carbocycles. The van der Waals surface area contributed by atoms with Gasteiger partial charge in [-0.25, -0.2) is 0 Å². The molecule has 1 saturated heterocycles. The second-order valence-electron chi connectivity index (χ2n) is 6.51. The number of pyridine rings is 1. The molecule has 4 nitrogen and oxygen atoms in total. The van der Waals surface area contributed by atoms with Gasteiger partial charge in [0.25, 0.3) is 0 Å². The largest absolute Gasteiger partial charge is 0.352 e. The van der Waals surface area contributed by atoms with E-state index >= 15 is 0 Å². The van der Waals surface area contributed by atoms with Crippen molar-refractivity contribution in [2.24, 2.45) is 0 Å². The summed E-state index contributed by atoms with van der Waals surface area (Å²) in [6.45, 7) is 6.72. The third kappa shape index (κ3) is 4.01. The molecule has 1 aromatic heterocycles. The molecule has 4 heteroatoms. The summed E-state index contributed by atoms with van der Waals surface area (Å²) in [5, 5.41) is 2.79. The number of aromatic nitrogens is 1. The Morgan fingerprint density at radius 2 is 2.04 bits per heavy atom. The lowest BCUT2D eigenvalue weighted by atomic mass is 10.0. The van der Waals surface area contributed by atoms with Gasteiger partial charge in [0.05, 0.1) is 5.69 Å². The van der Waals surface area contributed by atoms with Gasteiger partial charge in [-0.1, -0.05) is 24.3 Å². The fraction of sp³-hybridized carbons (Fsp3) is 0.400. The van der Waals surface area contributed by atoms with Crippen LogP contribution in [0.1, 0.15) is 43.9 Å². The van der Waals surface area contributed by atoms with Crippen LogP contribution in [0.5, 0.6) is 0 Å². The number of nitrogens with zero attached hydrogens (tertiary/aromatic N) is 2. The van der Waals surface area contributed by atoms with E-state index in [1.54, 1.807) is 0 Å². The molecule has 126 valence electrons. The Labute approximate surface area is 143 Å². The lowest BCUT2D eigenvalue weighted by Crippen LogP contribution is -2.23. The van der Waals surface area contributed by atoms with Crippen LogP contribution in [0.4, 0.5) is 0 Å². The van der Waals surface area contributed by atoms with Crippen molar-refractivity contribution >= 4 is 5.91 Å². The number of carbonyl (C=O) groups excluding carboxylic acids is 1. The van der Waals surface area contributed by atoms with Crippen molar-refractivity contribution in [1.29, 1.82) is 0 Å². The summed E-state index contributed by atoms with van der Waals surface area (Å²) in [6, 6.07) is 13.2. The molecule has 1 fully saturated rings. The molecule has 1 N–H and O–H groups in total. The minimum absolute atomic E-state index is 0.0253. The highest BCUT2D eigenvalue weighted by Crippen LogP contribution is 2.27. The van der Waals surface area contributed by atoms with Gasteiger partial charge in [0.1, 0.15) is 0 Å². The second kappa shape index (κ2) is 7.58. The zero-order valence-corrected chi connectivity index (χ0v) is 14.5. The first-order valence-corrected chi connectivity index (χ1v) is 8.67. The highest BCUT2D eigenvalue weighted by molar-refractivity contribution is 5.72. The molecule has 24 heavy (non-hydrogen) atoms. The molecule has 0 radical (unpaired) electrons. The van der Waals surface area contributed by atoms with E-state index in [1.165, 1.54) is 38.4 Å². The van der Waals surface area contributed by atoms with Gasteiger partial charge in [0.15, 0.2) is 0 Å². The first kappa shape index (κ1) is 16.7. The Bertz CT molecular complexity index is 690. The highest BCUT2D eigenvalue weighted by Gasteiger charge is 2.19. The Balaban J connectivity index is 1.74. The SMILES string of the molecule is CC(=O)NCc1ccc(-c2cccc([C@H](C)N3CCCC3)c2)nc1. The van der Waals surface area contributed by atoms with Crippen molar-refractivity contribution in [3.8, 4) is 11.3 Å². The van der Waals surface area contributed by atoms with E-state index in [9.17, 15) is 4.79 Å². The first-order valence-electron chi connectivity index (χ1n) is 8.67. The molecule has 1 atom stereocenters. The van der Waals surface area contributed by atoms with E-state index in [0.717, 1.165) is 16.8 Å². The topological polar surface area (TPSA) is 45.2 Å². The number of amides is 1. The lowest BCUT2D eigenvalue weighted by molar-refractivity contribution is -0.119. The molecule has 1 aliphatic heterocycles. The fourth-order valence-electron chi connectivity index (χ4n) is 3.22. The van der Waals surface area contributed by atoms with Gasteiger partial charge in [0.2, 0.25) is 5.91 Å². The Hall–Kier alpha value is -2.20. The summed E-state index contributed by atoms with van der Waals surface area (Å²) < 4.78 is 0. The normalized spacial score (nSPS) is 16.1. The van der Waals surface area contributed by atoms with Crippen molar-refractivity contribution in [2.45, 2.75) is 39.3 Å². The Morgan fingerprint density at radius 3 is 2.71 bits per heavy atom. The summed E-state index contributed by atoms with van der Waals surface area (Å²) in [5.41, 5.74) is 4.47. The molecule has 3 rings (SSSR count). The van der Waals surface area contributed by atoms with E-state index in [-0.39, 0.29) is 5.91 Å². The number of likely N-dealkylation sites (tertiary alicyclic amines) is 1. The molecular weight excluding hydrogens is 298 g/mol. The van der Waals surface area contributed by atoms with Crippen LogP contribution in [0.3, 0.4) is 0 Å². The van der Waals surface area contributed by atoms with E-state index in [2.05, 4.69) is 46.4 Å². The van der Waals surface area contributed by atoms with Gasteiger partial charge in [-0.05, 0) is 56.1 Å². The minimum Gasteiger partial charge on any atom is -0.352 e. The summed E-state index contributed by atoms with van der Waals surface area (Å²) in [4.78, 5) is 18.1. The molecule has 2 heterocycles. The summed E-state index contributed by atoms with van der Waals surface area (Å²) >= 11 is 0. The molecular formula is C20H25N3O. The Morgan fingerprint density at radius 1 is 1.25 bits per heavy atom. The number of carbonyl (C=O) groups is 1. The van der Waals surface area contributed by atoms with Crippen LogP contribution in [0.25, 0.3) is 11.3 Å². The second-order valence-corrected chi connectivity index (χ2v) is 6.51. The van der Waals surface area contributed by atoms with Crippen LogP contribution < -0.4 is 5.32 Å². The molecule has 1 amide bonds. The van der Waals surface area contributed by atoms with Gasteiger partial charge >= 0.3 is 0 Å². The molecule has 2 aromatic rings. The van der Waals surface area contributed by atoms with Crippen LogP contribution in [0.15, 0.2) is 42.6 Å². The fourth-order valence-corrected chi connectivity index (χ4v) is 3.22. The average Bonchev–Trinajstić information content (AvgIpc) is 3.14. The van der Waals surface area contributed by atoms with E-state index in [1.807, 2.05) is 18.3 Å². The number of rotatable bonds is 5. The maximum atomic E-state index is 11.0. The van der Waals surface area contributed by atoms with Crippen LogP contribution in [0, 0.1) is 0 Å². The quantitative estimate of drug-likeness (QED) is 0.915. The zero-order valence-electron chi connectivity index (χ0n) is 14.5. The number of hydrogen-bond acceptors (Lipinski definition) is 3. The molecule has 0 unspecified atom stereocenters. The maximum Gasteiger partial charge on any atom is 0.217 e. The summed E-state index contributed by atoms with van der Waals surface area (Å²) in [7, 11) is 0. The molecule has 1 aromatic carbocycles. The average molecular weight is 323 g/mol. The Kier molecular flexibility index (Phi) is 5.26. The monoisotopic (exact) mass is 323 g/mol. The van der Waals surface area contributed by atoms with Crippen LogP contribution >= 0.6 is 0 Å². The van der Waals surface area contributed by atoms with Gasteiger partial charge in [0, 0.05) is 31.3 Å². The smallest absolute Gasteiger partial charge is 0.217 e. The molecule has 1 aliphatic rings. The minimum atomic E-state index is -0.0253. The number of hydrogen-bond donors (Lipinski definition) is 1. The third-order valence-corrected chi connectivity index (χ3v) is 4.72. The maximum absolute atomic E-state index is 11.0. The molecule has 0 spiro atoms. The molecule has 0 aliphatic carbocycles. The van der Waals surface area contributed by atoms with Gasteiger partial charge in [-0.2, -0.15) is 0 Å². The summed E-state index contributed by atoms with van der Waals surface area (Å²) in [6.07, 6.45) is 4.45. The van der Waals surface area contributed by atoms with Crippen molar-refractivity contribution < 1.29 is 4.79 Å². The van der Waals surface area contributed by atoms with Crippen molar-refractivity contribution in [3.05, 3.63) is 53.7 Å². The third-order valence-electron chi connectivity index (χ3n) is 4.72. The number of nitrogens with one attached hydrogen (secondary N) is 1. The summed E-state index contributed by atoms with van der Waals surface area (Å²) in [5.74, 6) is -0.0253. The first-order chi connectivity index (χ1) is 11.6. The van der Waals surface area contributed by atoms with E-state index < -0.39 is 0 Å². The lowest BCUT2D eigenvalue weighted by Gasteiger charge is -2.24. The predicted molar refractivity (Wildman–Crippen MR) is 96.4 cm³/mol. The van der Waals surface area contributed by atoms with Gasteiger partial charge < -0.3 is 5.32 Å². The predicted octanol–water partition coefficient (Wildman–Crippen LogP) is 3.54. The van der Waals surface area contributed by atoms with Crippen LogP contribution in [0.2, 0.25) is 0 Å².